The molecule has 3 aromatic rings. The number of fused-ring (bicyclic) bond motifs is 3. The zero-order valence-corrected chi connectivity index (χ0v) is 16.2. The molecule has 3 nitrogen and oxygen atoms in total. The molecule has 2 aromatic heterocycles. The predicted octanol–water partition coefficient (Wildman–Crippen LogP) is 4.70. The third-order valence-electron chi connectivity index (χ3n) is 6.15. The van der Waals surface area contributed by atoms with E-state index in [2.05, 4.69) is 39.2 Å². The lowest BCUT2D eigenvalue weighted by molar-refractivity contribution is -0.660. The van der Waals surface area contributed by atoms with Gasteiger partial charge in [-0.25, -0.2) is 9.55 Å². The summed E-state index contributed by atoms with van der Waals surface area (Å²) >= 11 is 0. The van der Waals surface area contributed by atoms with E-state index < -0.39 is 6.37 Å². The molecule has 1 saturated carbocycles. The molecule has 0 atom stereocenters. The van der Waals surface area contributed by atoms with Crippen LogP contribution in [0, 0.1) is 12.8 Å². The molecule has 3 heteroatoms. The monoisotopic (exact) mass is 360 g/mol. The lowest BCUT2D eigenvalue weighted by Crippen LogP contribution is -2.31. The summed E-state index contributed by atoms with van der Waals surface area (Å²) in [6.07, 6.45) is 11.0. The molecule has 0 unspecified atom stereocenters. The summed E-state index contributed by atoms with van der Waals surface area (Å²) in [5.41, 5.74) is 6.77. The topological polar surface area (TPSA) is 21.7 Å². The van der Waals surface area contributed by atoms with Crippen LogP contribution in [0.2, 0.25) is 0 Å². The van der Waals surface area contributed by atoms with E-state index in [1.165, 1.54) is 28.8 Å². The van der Waals surface area contributed by atoms with Gasteiger partial charge in [-0.1, -0.05) is 32.1 Å². The number of aromatic nitrogens is 3. The minimum absolute atomic E-state index is 0.120. The first-order valence-electron chi connectivity index (χ1n) is 11.1. The minimum atomic E-state index is -1.28. The number of pyridine rings is 1. The Morgan fingerprint density at radius 1 is 1.22 bits per heavy atom. The fraction of sp³-hybridized carbons (Fsp3) is 0.417. The van der Waals surface area contributed by atoms with Gasteiger partial charge in [0.25, 0.3) is 0 Å². The number of benzene rings is 1. The van der Waals surface area contributed by atoms with Crippen LogP contribution in [0.15, 0.2) is 42.9 Å². The van der Waals surface area contributed by atoms with Crippen molar-refractivity contribution in [1.29, 1.82) is 0 Å². The first kappa shape index (κ1) is 14.6. The summed E-state index contributed by atoms with van der Waals surface area (Å²) in [5.74, 6) is 1.21. The molecule has 0 saturated heterocycles. The molecule has 1 aromatic carbocycles. The van der Waals surface area contributed by atoms with Gasteiger partial charge in [0.05, 0.1) is 5.69 Å². The molecule has 1 fully saturated rings. The minimum Gasteiger partial charge on any atom is -0.303 e. The highest BCUT2D eigenvalue weighted by Crippen LogP contribution is 2.33. The van der Waals surface area contributed by atoms with Gasteiger partial charge in [-0.05, 0) is 48.0 Å². The lowest BCUT2D eigenvalue weighted by Gasteiger charge is -2.21. The van der Waals surface area contributed by atoms with Crippen molar-refractivity contribution >= 4 is 0 Å². The van der Waals surface area contributed by atoms with Crippen LogP contribution >= 0.6 is 0 Å². The lowest BCUT2D eigenvalue weighted by atomic mass is 9.85. The molecule has 0 radical (unpaired) electrons. The fourth-order valence-corrected chi connectivity index (χ4v) is 4.64. The van der Waals surface area contributed by atoms with Crippen molar-refractivity contribution in [2.45, 2.75) is 51.8 Å². The van der Waals surface area contributed by atoms with Crippen molar-refractivity contribution in [3.05, 3.63) is 65.4 Å². The van der Waals surface area contributed by atoms with Crippen molar-refractivity contribution < 1.29 is 7.31 Å². The maximum absolute atomic E-state index is 8.88. The van der Waals surface area contributed by atoms with Gasteiger partial charge in [-0.3, -0.25) is 0 Å². The highest BCUT2D eigenvalue weighted by atomic mass is 15.1. The third kappa shape index (κ3) is 2.99. The molecule has 2 aliphatic rings. The number of hydrogen-bond acceptors (Lipinski definition) is 1. The Morgan fingerprint density at radius 3 is 2.93 bits per heavy atom. The summed E-state index contributed by atoms with van der Waals surface area (Å²) in [5, 5.41) is 0. The molecule has 0 spiro atoms. The standard InChI is InChI=1S/C24H28N3/c1-17-12-22-20(16-24-25-9-11-27(22)24)15-21(17)23-14-19(8-10-26(23)2)13-18-6-4-3-5-7-18/h8-12,14-15,18H,3-7,13,16H2,1-2H3/q+1/i13D2. The molecular weight excluding hydrogens is 330 g/mol. The predicted molar refractivity (Wildman–Crippen MR) is 108 cm³/mol. The van der Waals surface area contributed by atoms with Gasteiger partial charge in [0.15, 0.2) is 6.20 Å². The maximum Gasteiger partial charge on any atom is 0.212 e. The van der Waals surface area contributed by atoms with E-state index in [1.54, 1.807) is 0 Å². The van der Waals surface area contributed by atoms with Gasteiger partial charge in [-0.15, -0.1) is 0 Å². The van der Waals surface area contributed by atoms with Gasteiger partial charge in [0, 0.05) is 39.3 Å². The summed E-state index contributed by atoms with van der Waals surface area (Å²) in [6.45, 7) is 2.15. The van der Waals surface area contributed by atoms with E-state index in [0.29, 0.717) is 0 Å². The van der Waals surface area contributed by atoms with Crippen molar-refractivity contribution in [1.82, 2.24) is 9.55 Å². The van der Waals surface area contributed by atoms with E-state index >= 15 is 0 Å². The van der Waals surface area contributed by atoms with Crippen LogP contribution in [-0.2, 0) is 19.8 Å². The molecule has 27 heavy (non-hydrogen) atoms. The van der Waals surface area contributed by atoms with Crippen molar-refractivity contribution in [3.63, 3.8) is 0 Å². The summed E-state index contributed by atoms with van der Waals surface area (Å²) in [7, 11) is 2.05. The van der Waals surface area contributed by atoms with Crippen LogP contribution in [-0.4, -0.2) is 9.55 Å². The number of rotatable bonds is 3. The Bertz CT molecular complexity index is 1080. The zero-order valence-electron chi connectivity index (χ0n) is 18.2. The normalized spacial score (nSPS) is 18.0. The second-order valence-electron chi connectivity index (χ2n) is 8.08. The van der Waals surface area contributed by atoms with Crippen molar-refractivity contribution in [2.24, 2.45) is 13.0 Å². The quantitative estimate of drug-likeness (QED) is 0.485. The third-order valence-corrected chi connectivity index (χ3v) is 6.15. The zero-order chi connectivity index (χ0) is 20.2. The van der Waals surface area contributed by atoms with Crippen LogP contribution in [0.4, 0.5) is 0 Å². The van der Waals surface area contributed by atoms with E-state index in [4.69, 9.17) is 2.74 Å². The summed E-state index contributed by atoms with van der Waals surface area (Å²) in [6, 6.07) is 8.56. The molecule has 0 N–H and O–H groups in total. The average Bonchev–Trinajstić information content (AvgIpc) is 3.30. The molecule has 1 aliphatic carbocycles. The van der Waals surface area contributed by atoms with Gasteiger partial charge in [-0.2, -0.15) is 0 Å². The Labute approximate surface area is 164 Å². The molecule has 5 rings (SSSR count). The SMILES string of the molecule is [2H]C([2H])(c1cc[n+](C)c(-c2cc3c(cc2C)-n2ccnc2C3)c1)C1CCCCC1. The number of aryl methyl sites for hydroxylation is 2. The molecule has 1 aliphatic heterocycles. The van der Waals surface area contributed by atoms with Gasteiger partial charge in [0.1, 0.15) is 12.9 Å². The van der Waals surface area contributed by atoms with Gasteiger partial charge < -0.3 is 4.57 Å². The Hall–Kier alpha value is -2.42. The van der Waals surface area contributed by atoms with Crippen LogP contribution in [0.1, 0.15) is 57.4 Å². The Kier molecular flexibility index (Phi) is 3.59. The Morgan fingerprint density at radius 2 is 2.07 bits per heavy atom. The van der Waals surface area contributed by atoms with Crippen molar-refractivity contribution in [2.75, 3.05) is 0 Å². The second kappa shape index (κ2) is 6.63. The summed E-state index contributed by atoms with van der Waals surface area (Å²) in [4.78, 5) is 4.47. The number of imidazole rings is 1. The highest BCUT2D eigenvalue weighted by molar-refractivity contribution is 5.67. The largest absolute Gasteiger partial charge is 0.303 e. The van der Waals surface area contributed by atoms with E-state index in [9.17, 15) is 0 Å². The van der Waals surface area contributed by atoms with E-state index in [-0.39, 0.29) is 5.92 Å². The van der Waals surface area contributed by atoms with Crippen molar-refractivity contribution in [3.8, 4) is 16.9 Å². The molecule has 138 valence electrons. The molecule has 0 bridgehead atoms. The Balaban J connectivity index is 1.57. The van der Waals surface area contributed by atoms with Crippen LogP contribution in [0.5, 0.6) is 0 Å². The fourth-order valence-electron chi connectivity index (χ4n) is 4.64. The second-order valence-corrected chi connectivity index (χ2v) is 8.08. The number of hydrogen-bond donors (Lipinski definition) is 0. The molecular formula is C24H28N3+. The molecule has 0 amide bonds. The summed E-state index contributed by atoms with van der Waals surface area (Å²) < 4.78 is 22.0. The first-order valence-corrected chi connectivity index (χ1v) is 10.1. The number of nitrogens with zero attached hydrogens (tertiary/aromatic N) is 3. The van der Waals surface area contributed by atoms with Gasteiger partial charge >= 0.3 is 0 Å². The van der Waals surface area contributed by atoms with Crippen LogP contribution < -0.4 is 4.57 Å². The smallest absolute Gasteiger partial charge is 0.212 e. The average molecular weight is 361 g/mol. The van der Waals surface area contributed by atoms with E-state index in [0.717, 1.165) is 49.2 Å². The first-order chi connectivity index (χ1) is 13.9. The van der Waals surface area contributed by atoms with Crippen LogP contribution in [0.25, 0.3) is 16.9 Å². The molecule has 3 heterocycles. The maximum atomic E-state index is 8.88. The van der Waals surface area contributed by atoms with Gasteiger partial charge in [0.2, 0.25) is 5.69 Å². The van der Waals surface area contributed by atoms with E-state index in [1.807, 2.05) is 31.7 Å². The van der Waals surface area contributed by atoms with Crippen LogP contribution in [0.3, 0.4) is 0 Å². The highest BCUT2D eigenvalue weighted by Gasteiger charge is 2.23.